The number of carbonyl (C=O) groups excluding carboxylic acids is 1. The highest BCUT2D eigenvalue weighted by molar-refractivity contribution is 5.96. The van der Waals surface area contributed by atoms with Gasteiger partial charge < -0.3 is 14.4 Å². The standard InChI is InChI=1S/C15H15NO4/c17-14(18)9-11-5-3-7-16(11)15(19)13-8-10-4-1-2-6-12(10)20-13/h1-2,4,6,8,11H,3,5,7,9H2,(H,17,18). The average molecular weight is 273 g/mol. The Morgan fingerprint density at radius 1 is 1.35 bits per heavy atom. The van der Waals surface area contributed by atoms with Gasteiger partial charge in [-0.1, -0.05) is 18.2 Å². The molecule has 1 aliphatic heterocycles. The summed E-state index contributed by atoms with van der Waals surface area (Å²) in [5, 5.41) is 9.78. The van der Waals surface area contributed by atoms with Crippen LogP contribution in [0.25, 0.3) is 11.0 Å². The number of amides is 1. The van der Waals surface area contributed by atoms with Gasteiger partial charge >= 0.3 is 5.97 Å². The van der Waals surface area contributed by atoms with Gasteiger partial charge in [-0.25, -0.2) is 0 Å². The molecule has 104 valence electrons. The van der Waals surface area contributed by atoms with Gasteiger partial charge in [0.2, 0.25) is 0 Å². The first-order chi connectivity index (χ1) is 9.65. The first kappa shape index (κ1) is 12.7. The van der Waals surface area contributed by atoms with Gasteiger partial charge in [-0.2, -0.15) is 0 Å². The summed E-state index contributed by atoms with van der Waals surface area (Å²) in [7, 11) is 0. The van der Waals surface area contributed by atoms with Gasteiger partial charge in [-0.05, 0) is 25.0 Å². The lowest BCUT2D eigenvalue weighted by Crippen LogP contribution is -2.36. The molecule has 5 nitrogen and oxygen atoms in total. The second-order valence-corrected chi connectivity index (χ2v) is 5.04. The predicted octanol–water partition coefficient (Wildman–Crippen LogP) is 2.51. The van der Waals surface area contributed by atoms with Crippen molar-refractivity contribution in [3.63, 3.8) is 0 Å². The van der Waals surface area contributed by atoms with Crippen molar-refractivity contribution >= 4 is 22.8 Å². The third-order valence-corrected chi connectivity index (χ3v) is 3.68. The van der Waals surface area contributed by atoms with Crippen molar-refractivity contribution in [1.29, 1.82) is 0 Å². The summed E-state index contributed by atoms with van der Waals surface area (Å²) in [5.41, 5.74) is 0.671. The predicted molar refractivity (Wildman–Crippen MR) is 72.5 cm³/mol. The Balaban J connectivity index is 1.85. The van der Waals surface area contributed by atoms with Crippen LogP contribution >= 0.6 is 0 Å². The van der Waals surface area contributed by atoms with Crippen LogP contribution in [-0.2, 0) is 4.79 Å². The second-order valence-electron chi connectivity index (χ2n) is 5.04. The Morgan fingerprint density at radius 2 is 2.15 bits per heavy atom. The Kier molecular flexibility index (Phi) is 3.18. The summed E-state index contributed by atoms with van der Waals surface area (Å²) < 4.78 is 5.56. The van der Waals surface area contributed by atoms with Crippen LogP contribution in [0.1, 0.15) is 29.8 Å². The van der Waals surface area contributed by atoms with E-state index in [1.165, 1.54) is 0 Å². The van der Waals surface area contributed by atoms with Crippen LogP contribution in [0.15, 0.2) is 34.7 Å². The molecule has 1 aliphatic rings. The molecule has 1 amide bonds. The summed E-state index contributed by atoms with van der Waals surface area (Å²) >= 11 is 0. The Hall–Kier alpha value is -2.30. The lowest BCUT2D eigenvalue weighted by molar-refractivity contribution is -0.137. The number of nitrogens with zero attached hydrogens (tertiary/aromatic N) is 1. The molecule has 20 heavy (non-hydrogen) atoms. The van der Waals surface area contributed by atoms with Crippen LogP contribution in [0.2, 0.25) is 0 Å². The number of carbonyl (C=O) groups is 2. The maximum absolute atomic E-state index is 12.4. The number of para-hydroxylation sites is 1. The van der Waals surface area contributed by atoms with Gasteiger partial charge in [0.05, 0.1) is 6.42 Å². The summed E-state index contributed by atoms with van der Waals surface area (Å²) in [6.45, 7) is 0.591. The summed E-state index contributed by atoms with van der Waals surface area (Å²) in [4.78, 5) is 24.9. The van der Waals surface area contributed by atoms with Crippen LogP contribution in [0, 0.1) is 0 Å². The van der Waals surface area contributed by atoms with E-state index < -0.39 is 5.97 Å². The Labute approximate surface area is 115 Å². The first-order valence-corrected chi connectivity index (χ1v) is 6.66. The van der Waals surface area contributed by atoms with E-state index in [-0.39, 0.29) is 24.1 Å². The summed E-state index contributed by atoms with van der Waals surface area (Å²) in [6, 6.07) is 8.92. The molecule has 0 spiro atoms. The quantitative estimate of drug-likeness (QED) is 0.932. The smallest absolute Gasteiger partial charge is 0.305 e. The number of hydrogen-bond acceptors (Lipinski definition) is 3. The molecule has 3 rings (SSSR count). The van der Waals surface area contributed by atoms with Crippen molar-refractivity contribution in [2.24, 2.45) is 0 Å². The van der Waals surface area contributed by atoms with E-state index in [0.717, 1.165) is 18.2 Å². The highest BCUT2D eigenvalue weighted by Crippen LogP contribution is 2.25. The fraction of sp³-hybridized carbons (Fsp3) is 0.333. The average Bonchev–Trinajstić information content (AvgIpc) is 3.03. The molecular formula is C15H15NO4. The molecule has 1 N–H and O–H groups in total. The van der Waals surface area contributed by atoms with Crippen LogP contribution in [0.3, 0.4) is 0 Å². The number of rotatable bonds is 3. The molecule has 1 saturated heterocycles. The second kappa shape index (κ2) is 5.00. The topological polar surface area (TPSA) is 70.8 Å². The van der Waals surface area contributed by atoms with E-state index in [4.69, 9.17) is 9.52 Å². The molecule has 2 heterocycles. The SMILES string of the molecule is O=C(O)CC1CCCN1C(=O)c1cc2ccccc2o1. The molecule has 5 heteroatoms. The van der Waals surface area contributed by atoms with Gasteiger partial charge in [0, 0.05) is 18.0 Å². The maximum Gasteiger partial charge on any atom is 0.305 e. The zero-order valence-corrected chi connectivity index (χ0v) is 10.9. The molecule has 0 radical (unpaired) electrons. The molecule has 1 aromatic heterocycles. The molecule has 0 aliphatic carbocycles. The van der Waals surface area contributed by atoms with E-state index in [2.05, 4.69) is 0 Å². The number of furan rings is 1. The molecule has 2 aromatic rings. The number of likely N-dealkylation sites (tertiary alicyclic amines) is 1. The highest BCUT2D eigenvalue weighted by Gasteiger charge is 2.32. The molecule has 1 unspecified atom stereocenters. The number of benzene rings is 1. The van der Waals surface area contributed by atoms with Gasteiger partial charge in [0.15, 0.2) is 5.76 Å². The van der Waals surface area contributed by atoms with E-state index in [1.807, 2.05) is 24.3 Å². The number of hydrogen-bond donors (Lipinski definition) is 1. The fourth-order valence-electron chi connectivity index (χ4n) is 2.75. The minimum absolute atomic E-state index is 0.00797. The van der Waals surface area contributed by atoms with Crippen LogP contribution in [0.4, 0.5) is 0 Å². The number of aliphatic carboxylic acids is 1. The normalized spacial score (nSPS) is 18.6. The zero-order valence-electron chi connectivity index (χ0n) is 10.9. The molecule has 1 atom stereocenters. The van der Waals surface area contributed by atoms with Crippen molar-refractivity contribution in [2.45, 2.75) is 25.3 Å². The Bertz CT molecular complexity index is 628. The van der Waals surface area contributed by atoms with Crippen molar-refractivity contribution in [3.8, 4) is 0 Å². The largest absolute Gasteiger partial charge is 0.481 e. The van der Waals surface area contributed by atoms with Gasteiger partial charge in [-0.15, -0.1) is 0 Å². The summed E-state index contributed by atoms with van der Waals surface area (Å²) in [5.74, 6) is -0.812. The number of carboxylic acid groups (broad SMARTS) is 1. The number of carboxylic acids is 1. The van der Waals surface area contributed by atoms with Crippen LogP contribution in [0.5, 0.6) is 0 Å². The lowest BCUT2D eigenvalue weighted by Gasteiger charge is -2.22. The first-order valence-electron chi connectivity index (χ1n) is 6.66. The van der Waals surface area contributed by atoms with E-state index in [1.54, 1.807) is 11.0 Å². The van der Waals surface area contributed by atoms with Crippen molar-refractivity contribution < 1.29 is 19.1 Å². The van der Waals surface area contributed by atoms with Gasteiger partial charge in [0.1, 0.15) is 5.58 Å². The van der Waals surface area contributed by atoms with Crippen LogP contribution < -0.4 is 0 Å². The lowest BCUT2D eigenvalue weighted by atomic mass is 10.1. The van der Waals surface area contributed by atoms with Crippen molar-refractivity contribution in [3.05, 3.63) is 36.1 Å². The molecule has 0 bridgehead atoms. The van der Waals surface area contributed by atoms with E-state index >= 15 is 0 Å². The molecule has 1 fully saturated rings. The zero-order chi connectivity index (χ0) is 14.1. The fourth-order valence-corrected chi connectivity index (χ4v) is 2.75. The van der Waals surface area contributed by atoms with Crippen molar-refractivity contribution in [1.82, 2.24) is 4.90 Å². The van der Waals surface area contributed by atoms with E-state index in [0.29, 0.717) is 12.1 Å². The minimum atomic E-state index is -0.876. The monoisotopic (exact) mass is 273 g/mol. The maximum atomic E-state index is 12.4. The third-order valence-electron chi connectivity index (χ3n) is 3.68. The van der Waals surface area contributed by atoms with E-state index in [9.17, 15) is 9.59 Å². The Morgan fingerprint density at radius 3 is 2.90 bits per heavy atom. The van der Waals surface area contributed by atoms with Gasteiger partial charge in [-0.3, -0.25) is 9.59 Å². The molecular weight excluding hydrogens is 258 g/mol. The third kappa shape index (κ3) is 2.27. The summed E-state index contributed by atoms with van der Waals surface area (Å²) in [6.07, 6.45) is 1.56. The van der Waals surface area contributed by atoms with Crippen molar-refractivity contribution in [2.75, 3.05) is 6.54 Å². The highest BCUT2D eigenvalue weighted by atomic mass is 16.4. The molecule has 1 aromatic carbocycles. The van der Waals surface area contributed by atoms with Gasteiger partial charge in [0.25, 0.3) is 5.91 Å². The minimum Gasteiger partial charge on any atom is -0.481 e. The number of fused-ring (bicyclic) bond motifs is 1. The van der Waals surface area contributed by atoms with Crippen LogP contribution in [-0.4, -0.2) is 34.5 Å². The molecule has 0 saturated carbocycles.